The van der Waals surface area contributed by atoms with Crippen LogP contribution in [0.3, 0.4) is 0 Å². The van der Waals surface area contributed by atoms with Gasteiger partial charge in [-0.05, 0) is 34.1 Å². The Morgan fingerprint density at radius 1 is 1.47 bits per heavy atom. The van der Waals surface area contributed by atoms with Crippen molar-refractivity contribution < 1.29 is 12.8 Å². The zero-order valence-corrected chi connectivity index (χ0v) is 12.4. The molecule has 5 nitrogen and oxygen atoms in total. The largest absolute Gasteiger partial charge is 0.347 e. The number of sulfonamides is 1. The van der Waals surface area contributed by atoms with Gasteiger partial charge in [0.1, 0.15) is 11.6 Å². The maximum Gasteiger partial charge on any atom is 0.244 e. The van der Waals surface area contributed by atoms with Crippen molar-refractivity contribution in [2.75, 3.05) is 7.05 Å². The zero-order chi connectivity index (χ0) is 14.0. The summed E-state index contributed by atoms with van der Waals surface area (Å²) < 4.78 is 39.0. The summed E-state index contributed by atoms with van der Waals surface area (Å²) in [4.78, 5) is 6.81. The number of aromatic amines is 1. The summed E-state index contributed by atoms with van der Waals surface area (Å²) in [6.07, 6.45) is 3.16. The maximum absolute atomic E-state index is 13.0. The Morgan fingerprint density at radius 3 is 2.79 bits per heavy atom. The predicted octanol–water partition coefficient (Wildman–Crippen LogP) is 2.13. The third kappa shape index (κ3) is 3.02. The molecule has 102 valence electrons. The highest BCUT2D eigenvalue weighted by Gasteiger charge is 2.24. The van der Waals surface area contributed by atoms with Crippen LogP contribution in [0.1, 0.15) is 5.82 Å². The van der Waals surface area contributed by atoms with Crippen LogP contribution in [0.25, 0.3) is 0 Å². The molecule has 0 aliphatic rings. The normalized spacial score (nSPS) is 12.0. The van der Waals surface area contributed by atoms with E-state index < -0.39 is 15.8 Å². The Morgan fingerprint density at radius 2 is 2.21 bits per heavy atom. The highest BCUT2D eigenvalue weighted by atomic mass is 79.9. The van der Waals surface area contributed by atoms with E-state index in [0.717, 1.165) is 16.4 Å². The zero-order valence-electron chi connectivity index (χ0n) is 9.97. The minimum Gasteiger partial charge on any atom is -0.347 e. The molecule has 0 bridgehead atoms. The van der Waals surface area contributed by atoms with Gasteiger partial charge >= 0.3 is 0 Å². The fourth-order valence-corrected chi connectivity index (χ4v) is 3.67. The second-order valence-electron chi connectivity index (χ2n) is 3.87. The van der Waals surface area contributed by atoms with Crippen LogP contribution in [0.2, 0.25) is 0 Å². The van der Waals surface area contributed by atoms with Gasteiger partial charge in [-0.15, -0.1) is 0 Å². The number of aromatic nitrogens is 2. The molecule has 1 heterocycles. The fraction of sp³-hybridized carbons (Fsp3) is 0.182. The van der Waals surface area contributed by atoms with Crippen LogP contribution >= 0.6 is 15.9 Å². The Hall–Kier alpha value is -1.25. The highest BCUT2D eigenvalue weighted by molar-refractivity contribution is 9.10. The van der Waals surface area contributed by atoms with E-state index in [2.05, 4.69) is 25.9 Å². The van der Waals surface area contributed by atoms with Crippen LogP contribution in [-0.2, 0) is 16.6 Å². The van der Waals surface area contributed by atoms with Crippen molar-refractivity contribution in [3.63, 3.8) is 0 Å². The molecule has 0 aliphatic heterocycles. The number of hydrogen-bond donors (Lipinski definition) is 1. The molecule has 1 N–H and O–H groups in total. The minimum atomic E-state index is -3.70. The van der Waals surface area contributed by atoms with Crippen LogP contribution in [0.15, 0.2) is 40.0 Å². The summed E-state index contributed by atoms with van der Waals surface area (Å²) in [6, 6.07) is 3.46. The monoisotopic (exact) mass is 347 g/mol. The maximum atomic E-state index is 13.0. The highest BCUT2D eigenvalue weighted by Crippen LogP contribution is 2.25. The molecular formula is C11H11BrFN3O2S. The van der Waals surface area contributed by atoms with Gasteiger partial charge in [-0.2, -0.15) is 4.31 Å². The van der Waals surface area contributed by atoms with Crippen molar-refractivity contribution in [1.29, 1.82) is 0 Å². The first kappa shape index (κ1) is 14.2. The van der Waals surface area contributed by atoms with Gasteiger partial charge in [-0.25, -0.2) is 17.8 Å². The van der Waals surface area contributed by atoms with Gasteiger partial charge < -0.3 is 4.98 Å². The van der Waals surface area contributed by atoms with Gasteiger partial charge in [0.15, 0.2) is 0 Å². The Bertz CT molecular complexity index is 673. The first-order valence-corrected chi connectivity index (χ1v) is 7.54. The van der Waals surface area contributed by atoms with Gasteiger partial charge in [0.05, 0.1) is 11.4 Å². The van der Waals surface area contributed by atoms with E-state index in [9.17, 15) is 12.8 Å². The molecule has 2 aromatic rings. The molecule has 8 heteroatoms. The van der Waals surface area contributed by atoms with Crippen molar-refractivity contribution in [2.45, 2.75) is 11.4 Å². The van der Waals surface area contributed by atoms with Gasteiger partial charge in [-0.3, -0.25) is 0 Å². The summed E-state index contributed by atoms with van der Waals surface area (Å²) in [7, 11) is -2.26. The van der Waals surface area contributed by atoms with Crippen molar-refractivity contribution in [2.24, 2.45) is 0 Å². The smallest absolute Gasteiger partial charge is 0.244 e. The minimum absolute atomic E-state index is 0.0166. The number of benzene rings is 1. The first-order valence-electron chi connectivity index (χ1n) is 5.31. The van der Waals surface area contributed by atoms with E-state index in [-0.39, 0.29) is 15.9 Å². The third-order valence-electron chi connectivity index (χ3n) is 2.51. The van der Waals surface area contributed by atoms with Crippen LogP contribution in [-0.4, -0.2) is 29.7 Å². The second-order valence-corrected chi connectivity index (χ2v) is 6.74. The molecule has 0 fully saturated rings. The van der Waals surface area contributed by atoms with E-state index >= 15 is 0 Å². The molecule has 2 rings (SSSR count). The van der Waals surface area contributed by atoms with Crippen molar-refractivity contribution in [3.8, 4) is 0 Å². The number of H-pyrrole nitrogens is 1. The Kier molecular flexibility index (Phi) is 4.02. The lowest BCUT2D eigenvalue weighted by Gasteiger charge is -2.16. The van der Waals surface area contributed by atoms with E-state index in [1.807, 2.05) is 0 Å². The first-order chi connectivity index (χ1) is 8.91. The molecule has 0 spiro atoms. The molecule has 0 amide bonds. The van der Waals surface area contributed by atoms with Crippen LogP contribution < -0.4 is 0 Å². The molecule has 0 saturated carbocycles. The number of nitrogens with zero attached hydrogens (tertiary/aromatic N) is 2. The second kappa shape index (κ2) is 5.40. The standard InChI is InChI=1S/C11H11BrFN3O2S/c1-16(7-11-14-4-5-15-11)19(17,18)10-3-2-8(13)6-9(10)12/h2-6H,7H2,1H3,(H,14,15). The third-order valence-corrected chi connectivity index (χ3v) is 5.29. The van der Waals surface area contributed by atoms with E-state index in [0.29, 0.717) is 5.82 Å². The van der Waals surface area contributed by atoms with Crippen LogP contribution in [0.5, 0.6) is 0 Å². The van der Waals surface area contributed by atoms with Crippen molar-refractivity contribution in [3.05, 3.63) is 46.7 Å². The fourth-order valence-electron chi connectivity index (χ4n) is 1.53. The Labute approximate surface area is 118 Å². The predicted molar refractivity (Wildman–Crippen MR) is 71.3 cm³/mol. The molecule has 0 saturated heterocycles. The lowest BCUT2D eigenvalue weighted by Crippen LogP contribution is -2.27. The summed E-state index contributed by atoms with van der Waals surface area (Å²) in [5, 5.41) is 0. The molecule has 0 unspecified atom stereocenters. The average molecular weight is 348 g/mol. The SMILES string of the molecule is CN(Cc1ncc[nH]1)S(=O)(=O)c1ccc(F)cc1Br. The molecular weight excluding hydrogens is 337 g/mol. The van der Waals surface area contributed by atoms with E-state index in [1.54, 1.807) is 12.4 Å². The summed E-state index contributed by atoms with van der Waals surface area (Å²) >= 11 is 3.06. The number of halogens is 2. The van der Waals surface area contributed by atoms with Crippen LogP contribution in [0, 0.1) is 5.82 Å². The number of rotatable bonds is 4. The van der Waals surface area contributed by atoms with Gasteiger partial charge in [-0.1, -0.05) is 0 Å². The van der Waals surface area contributed by atoms with Gasteiger partial charge in [0.25, 0.3) is 0 Å². The van der Waals surface area contributed by atoms with Gasteiger partial charge in [0.2, 0.25) is 10.0 Å². The number of imidazole rings is 1. The van der Waals surface area contributed by atoms with Gasteiger partial charge in [0, 0.05) is 23.9 Å². The summed E-state index contributed by atoms with van der Waals surface area (Å²) in [5.74, 6) is 0.0313. The van der Waals surface area contributed by atoms with E-state index in [1.165, 1.54) is 13.1 Å². The molecule has 0 atom stereocenters. The number of hydrogen-bond acceptors (Lipinski definition) is 3. The lowest BCUT2D eigenvalue weighted by molar-refractivity contribution is 0.457. The lowest BCUT2D eigenvalue weighted by atomic mass is 10.3. The Balaban J connectivity index is 2.31. The summed E-state index contributed by atoms with van der Waals surface area (Å²) in [6.45, 7) is 0.110. The van der Waals surface area contributed by atoms with Crippen molar-refractivity contribution >= 4 is 26.0 Å². The molecule has 19 heavy (non-hydrogen) atoms. The number of nitrogens with one attached hydrogen (secondary N) is 1. The van der Waals surface area contributed by atoms with E-state index in [4.69, 9.17) is 0 Å². The average Bonchev–Trinajstić information content (AvgIpc) is 2.81. The molecule has 0 aliphatic carbocycles. The topological polar surface area (TPSA) is 66.1 Å². The summed E-state index contributed by atoms with van der Waals surface area (Å²) in [5.41, 5.74) is 0. The van der Waals surface area contributed by atoms with Crippen molar-refractivity contribution in [1.82, 2.24) is 14.3 Å². The molecule has 1 aromatic heterocycles. The molecule has 1 aromatic carbocycles. The van der Waals surface area contributed by atoms with Crippen LogP contribution in [0.4, 0.5) is 4.39 Å². The quantitative estimate of drug-likeness (QED) is 0.921. The molecule has 0 radical (unpaired) electrons.